The summed E-state index contributed by atoms with van der Waals surface area (Å²) in [5, 5.41) is 2.88. The number of halogens is 1. The van der Waals surface area contributed by atoms with Crippen molar-refractivity contribution in [3.05, 3.63) is 57.7 Å². The van der Waals surface area contributed by atoms with Crippen LogP contribution >= 0.6 is 15.9 Å². The first-order chi connectivity index (χ1) is 9.60. The first kappa shape index (κ1) is 14.5. The normalized spacial score (nSPS) is 10.2. The van der Waals surface area contributed by atoms with E-state index in [2.05, 4.69) is 26.2 Å². The lowest BCUT2D eigenvalue weighted by Crippen LogP contribution is -2.23. The number of hydrogen-bond acceptors (Lipinski definition) is 3. The van der Waals surface area contributed by atoms with Crippen LogP contribution in [0.4, 0.5) is 0 Å². The van der Waals surface area contributed by atoms with Crippen LogP contribution in [0.25, 0.3) is 0 Å². The first-order valence-electron chi connectivity index (χ1n) is 6.13. The van der Waals surface area contributed by atoms with Crippen LogP contribution in [0.5, 0.6) is 5.88 Å². The Labute approximate surface area is 126 Å². The second-order valence-electron chi connectivity index (χ2n) is 4.37. The fourth-order valence-electron chi connectivity index (χ4n) is 1.76. The van der Waals surface area contributed by atoms with E-state index in [1.165, 1.54) is 0 Å². The zero-order chi connectivity index (χ0) is 14.5. The maximum Gasteiger partial charge on any atom is 0.252 e. The number of benzene rings is 1. The fraction of sp³-hybridized carbons (Fsp3) is 0.200. The van der Waals surface area contributed by atoms with Gasteiger partial charge in [-0.05, 0) is 46.6 Å². The lowest BCUT2D eigenvalue weighted by molar-refractivity contribution is 0.0950. The maximum atomic E-state index is 12.2. The molecule has 4 nitrogen and oxygen atoms in total. The summed E-state index contributed by atoms with van der Waals surface area (Å²) in [6, 6.07) is 9.32. The van der Waals surface area contributed by atoms with Crippen LogP contribution in [0.15, 0.2) is 41.0 Å². The summed E-state index contributed by atoms with van der Waals surface area (Å²) in [5.41, 5.74) is 2.61. The molecule has 1 aromatic heterocycles. The van der Waals surface area contributed by atoms with Gasteiger partial charge in [0.1, 0.15) is 0 Å². The Morgan fingerprint density at radius 2 is 2.15 bits per heavy atom. The Hall–Kier alpha value is -1.88. The van der Waals surface area contributed by atoms with Gasteiger partial charge >= 0.3 is 0 Å². The van der Waals surface area contributed by atoms with Crippen molar-refractivity contribution >= 4 is 21.8 Å². The van der Waals surface area contributed by atoms with E-state index in [1.54, 1.807) is 19.4 Å². The first-order valence-corrected chi connectivity index (χ1v) is 6.92. The zero-order valence-electron chi connectivity index (χ0n) is 11.3. The smallest absolute Gasteiger partial charge is 0.252 e. The molecule has 0 aliphatic carbocycles. The molecular formula is C15H15BrN2O2. The van der Waals surface area contributed by atoms with E-state index >= 15 is 0 Å². The van der Waals surface area contributed by atoms with Crippen molar-refractivity contribution in [2.75, 3.05) is 7.11 Å². The van der Waals surface area contributed by atoms with Crippen molar-refractivity contribution in [3.63, 3.8) is 0 Å². The minimum atomic E-state index is -0.114. The second-order valence-corrected chi connectivity index (χ2v) is 5.23. The maximum absolute atomic E-state index is 12.2. The Morgan fingerprint density at radius 1 is 1.35 bits per heavy atom. The van der Waals surface area contributed by atoms with E-state index < -0.39 is 0 Å². The number of amides is 1. The Morgan fingerprint density at radius 3 is 2.90 bits per heavy atom. The monoisotopic (exact) mass is 334 g/mol. The van der Waals surface area contributed by atoms with Gasteiger partial charge in [-0.2, -0.15) is 0 Å². The van der Waals surface area contributed by atoms with Gasteiger partial charge in [0.05, 0.1) is 12.7 Å². The third-order valence-corrected chi connectivity index (χ3v) is 3.52. The predicted octanol–water partition coefficient (Wildman–Crippen LogP) is 3.09. The highest BCUT2D eigenvalue weighted by Crippen LogP contribution is 2.18. The molecule has 1 heterocycles. The molecule has 0 unspecified atom stereocenters. The predicted molar refractivity (Wildman–Crippen MR) is 80.8 cm³/mol. The van der Waals surface area contributed by atoms with Crippen molar-refractivity contribution in [3.8, 4) is 5.88 Å². The summed E-state index contributed by atoms with van der Waals surface area (Å²) in [5.74, 6) is 0.421. The number of aromatic nitrogens is 1. The van der Waals surface area contributed by atoms with E-state index in [-0.39, 0.29) is 5.91 Å². The van der Waals surface area contributed by atoms with E-state index in [4.69, 9.17) is 4.74 Å². The van der Waals surface area contributed by atoms with Crippen LogP contribution in [0.2, 0.25) is 0 Å². The van der Waals surface area contributed by atoms with Gasteiger partial charge in [0, 0.05) is 23.3 Å². The van der Waals surface area contributed by atoms with Crippen molar-refractivity contribution in [2.24, 2.45) is 0 Å². The molecule has 0 fully saturated rings. The summed E-state index contributed by atoms with van der Waals surface area (Å²) >= 11 is 3.39. The van der Waals surface area contributed by atoms with Crippen LogP contribution in [-0.2, 0) is 6.54 Å². The third-order valence-electron chi connectivity index (χ3n) is 2.83. The molecule has 0 saturated heterocycles. The molecule has 2 rings (SSSR count). The largest absolute Gasteiger partial charge is 0.481 e. The molecule has 0 saturated carbocycles. The van der Waals surface area contributed by atoms with Crippen LogP contribution in [0, 0.1) is 6.92 Å². The van der Waals surface area contributed by atoms with Crippen molar-refractivity contribution in [1.29, 1.82) is 0 Å². The minimum Gasteiger partial charge on any atom is -0.481 e. The highest BCUT2D eigenvalue weighted by atomic mass is 79.9. The summed E-state index contributed by atoms with van der Waals surface area (Å²) < 4.78 is 5.83. The molecule has 20 heavy (non-hydrogen) atoms. The number of rotatable bonds is 4. The number of nitrogens with one attached hydrogen (secondary N) is 1. The van der Waals surface area contributed by atoms with Gasteiger partial charge in [-0.25, -0.2) is 4.98 Å². The minimum absolute atomic E-state index is 0.114. The molecule has 104 valence electrons. The lowest BCUT2D eigenvalue weighted by Gasteiger charge is -2.08. The molecular weight excluding hydrogens is 320 g/mol. The van der Waals surface area contributed by atoms with Crippen molar-refractivity contribution in [2.45, 2.75) is 13.5 Å². The number of carbonyl (C=O) groups excluding carboxylic acids is 1. The number of hydrogen-bond donors (Lipinski definition) is 1. The summed E-state index contributed by atoms with van der Waals surface area (Å²) in [6.45, 7) is 2.38. The van der Waals surface area contributed by atoms with Gasteiger partial charge in [0.25, 0.3) is 5.91 Å². The van der Waals surface area contributed by atoms with E-state index in [0.717, 1.165) is 15.6 Å². The number of nitrogens with zero attached hydrogens (tertiary/aromatic N) is 1. The number of pyridine rings is 1. The van der Waals surface area contributed by atoms with Gasteiger partial charge in [0.2, 0.25) is 5.88 Å². The summed E-state index contributed by atoms with van der Waals surface area (Å²) in [4.78, 5) is 16.2. The topological polar surface area (TPSA) is 51.2 Å². The molecule has 0 spiro atoms. The average Bonchev–Trinajstić information content (AvgIpc) is 2.47. The van der Waals surface area contributed by atoms with E-state index in [0.29, 0.717) is 18.0 Å². The van der Waals surface area contributed by atoms with Gasteiger partial charge in [-0.15, -0.1) is 0 Å². The number of aryl methyl sites for hydroxylation is 1. The standard InChI is InChI=1S/C15H15BrN2O2/c1-10-3-4-13(16)12(7-10)15(19)18-9-11-5-6-17-14(8-11)20-2/h3-8H,9H2,1-2H3,(H,18,19). The molecule has 1 N–H and O–H groups in total. The summed E-state index contributed by atoms with van der Waals surface area (Å²) in [6.07, 6.45) is 1.66. The SMILES string of the molecule is COc1cc(CNC(=O)c2cc(C)ccc2Br)ccn1. The summed E-state index contributed by atoms with van der Waals surface area (Å²) in [7, 11) is 1.56. The second kappa shape index (κ2) is 6.52. The van der Waals surface area contributed by atoms with Crippen LogP contribution in [0.1, 0.15) is 21.5 Å². The van der Waals surface area contributed by atoms with E-state index in [1.807, 2.05) is 31.2 Å². The van der Waals surface area contributed by atoms with Gasteiger partial charge < -0.3 is 10.1 Å². The molecule has 0 atom stereocenters. The Bertz CT molecular complexity index is 629. The van der Waals surface area contributed by atoms with Crippen molar-refractivity contribution < 1.29 is 9.53 Å². The highest BCUT2D eigenvalue weighted by molar-refractivity contribution is 9.10. The number of ether oxygens (including phenoxy) is 1. The molecule has 2 aromatic rings. The fourth-order valence-corrected chi connectivity index (χ4v) is 2.19. The van der Waals surface area contributed by atoms with Crippen molar-refractivity contribution in [1.82, 2.24) is 10.3 Å². The highest BCUT2D eigenvalue weighted by Gasteiger charge is 2.10. The van der Waals surface area contributed by atoms with Gasteiger partial charge in [-0.1, -0.05) is 11.6 Å². The van der Waals surface area contributed by atoms with E-state index in [9.17, 15) is 4.79 Å². The zero-order valence-corrected chi connectivity index (χ0v) is 12.9. The Balaban J connectivity index is 2.06. The van der Waals surface area contributed by atoms with Crippen LogP contribution in [-0.4, -0.2) is 18.0 Å². The molecule has 0 aliphatic heterocycles. The molecule has 5 heteroatoms. The molecule has 0 bridgehead atoms. The third kappa shape index (κ3) is 3.57. The van der Waals surface area contributed by atoms with Gasteiger partial charge in [0.15, 0.2) is 0 Å². The molecule has 1 amide bonds. The number of methoxy groups -OCH3 is 1. The van der Waals surface area contributed by atoms with Crippen LogP contribution < -0.4 is 10.1 Å². The lowest BCUT2D eigenvalue weighted by atomic mass is 10.1. The van der Waals surface area contributed by atoms with Crippen LogP contribution in [0.3, 0.4) is 0 Å². The quantitative estimate of drug-likeness (QED) is 0.934. The average molecular weight is 335 g/mol. The molecule has 0 radical (unpaired) electrons. The Kier molecular flexibility index (Phi) is 4.74. The van der Waals surface area contributed by atoms with Gasteiger partial charge in [-0.3, -0.25) is 4.79 Å². The molecule has 1 aromatic carbocycles. The molecule has 0 aliphatic rings. The number of carbonyl (C=O) groups is 1.